The van der Waals surface area contributed by atoms with E-state index >= 15 is 0 Å². The summed E-state index contributed by atoms with van der Waals surface area (Å²) in [5.74, 6) is 0. The van der Waals surface area contributed by atoms with Gasteiger partial charge < -0.3 is 14.8 Å². The summed E-state index contributed by atoms with van der Waals surface area (Å²) < 4.78 is 2.37. The molecule has 0 aromatic carbocycles. The highest BCUT2D eigenvalue weighted by Crippen LogP contribution is 2.41. The summed E-state index contributed by atoms with van der Waals surface area (Å²) in [5.41, 5.74) is 7.11. The predicted molar refractivity (Wildman–Crippen MR) is 132 cm³/mol. The molecule has 7 heteroatoms. The number of nitrogens with zero attached hydrogens (tertiary/aromatic N) is 5. The van der Waals surface area contributed by atoms with Crippen molar-refractivity contribution >= 4 is 17.3 Å². The van der Waals surface area contributed by atoms with E-state index in [-0.39, 0.29) is 12.1 Å². The molecule has 166 valence electrons. The Kier molecular flexibility index (Phi) is 5.88. The molecule has 0 bridgehead atoms. The summed E-state index contributed by atoms with van der Waals surface area (Å²) >= 11 is 5.84. The molecule has 33 heavy (non-hydrogen) atoms. The molecular formula is C26H26N6S. The zero-order valence-corrected chi connectivity index (χ0v) is 19.5. The molecule has 0 saturated carbocycles. The van der Waals surface area contributed by atoms with Crippen LogP contribution < -0.4 is 5.32 Å². The second-order valence-electron chi connectivity index (χ2n) is 8.38. The summed E-state index contributed by atoms with van der Waals surface area (Å²) in [7, 11) is 0. The third-order valence-corrected chi connectivity index (χ3v) is 6.67. The average Bonchev–Trinajstić information content (AvgIpc) is 3.31. The van der Waals surface area contributed by atoms with Gasteiger partial charge in [-0.15, -0.1) is 0 Å². The van der Waals surface area contributed by atoms with E-state index in [0.29, 0.717) is 6.54 Å². The Morgan fingerprint density at radius 1 is 0.879 bits per heavy atom. The standard InChI is InChI=1S/C26H26N6S/c1-18-15-22(19(2)31(18)16-20-6-11-27-12-7-20)25-24(23-5-3-4-10-29-23)30-26(33)32(25)17-21-8-13-28-14-9-21/h3-15,24-25H,16-17H2,1-2H3,(H,30,33)/t24-,25-/m0/s1. The summed E-state index contributed by atoms with van der Waals surface area (Å²) in [6.45, 7) is 5.88. The Bertz CT molecular complexity index is 1240. The molecule has 0 aliphatic carbocycles. The molecule has 5 heterocycles. The first-order valence-corrected chi connectivity index (χ1v) is 11.4. The number of hydrogen-bond acceptors (Lipinski definition) is 4. The minimum atomic E-state index is -0.0320. The molecule has 2 atom stereocenters. The molecule has 1 saturated heterocycles. The first kappa shape index (κ1) is 21.3. The molecule has 5 rings (SSSR count). The van der Waals surface area contributed by atoms with Crippen LogP contribution >= 0.6 is 12.2 Å². The number of rotatable bonds is 6. The average molecular weight is 455 g/mol. The van der Waals surface area contributed by atoms with Crippen LogP contribution in [0.4, 0.5) is 0 Å². The van der Waals surface area contributed by atoms with Crippen molar-refractivity contribution in [2.45, 2.75) is 39.0 Å². The summed E-state index contributed by atoms with van der Waals surface area (Å²) in [4.78, 5) is 15.3. The van der Waals surface area contributed by atoms with Crippen LogP contribution in [-0.2, 0) is 13.1 Å². The fourth-order valence-electron chi connectivity index (χ4n) is 4.64. The lowest BCUT2D eigenvalue weighted by Crippen LogP contribution is -2.29. The summed E-state index contributed by atoms with van der Waals surface area (Å²) in [6, 6.07) is 16.6. The van der Waals surface area contributed by atoms with Crippen LogP contribution in [0.3, 0.4) is 0 Å². The van der Waals surface area contributed by atoms with Gasteiger partial charge in [0.15, 0.2) is 5.11 Å². The van der Waals surface area contributed by atoms with E-state index in [1.165, 1.54) is 28.1 Å². The van der Waals surface area contributed by atoms with Crippen molar-refractivity contribution < 1.29 is 0 Å². The summed E-state index contributed by atoms with van der Waals surface area (Å²) in [6.07, 6.45) is 9.19. The number of pyridine rings is 3. The predicted octanol–water partition coefficient (Wildman–Crippen LogP) is 4.51. The molecule has 0 spiro atoms. The van der Waals surface area contributed by atoms with Crippen molar-refractivity contribution in [3.8, 4) is 0 Å². The van der Waals surface area contributed by atoms with Gasteiger partial charge in [0.1, 0.15) is 0 Å². The molecule has 6 nitrogen and oxygen atoms in total. The van der Waals surface area contributed by atoms with Gasteiger partial charge in [-0.05, 0) is 85.2 Å². The lowest BCUT2D eigenvalue weighted by atomic mass is 9.96. The van der Waals surface area contributed by atoms with Gasteiger partial charge in [0, 0.05) is 55.5 Å². The van der Waals surface area contributed by atoms with Gasteiger partial charge in [-0.2, -0.15) is 0 Å². The third-order valence-electron chi connectivity index (χ3n) is 6.32. The van der Waals surface area contributed by atoms with Gasteiger partial charge in [-0.25, -0.2) is 0 Å². The maximum absolute atomic E-state index is 5.84. The monoisotopic (exact) mass is 454 g/mol. The Balaban J connectivity index is 1.56. The Morgan fingerprint density at radius 2 is 1.55 bits per heavy atom. The van der Waals surface area contributed by atoms with Gasteiger partial charge in [-0.3, -0.25) is 15.0 Å². The normalized spacial score (nSPS) is 17.9. The molecule has 1 aliphatic rings. The quantitative estimate of drug-likeness (QED) is 0.433. The van der Waals surface area contributed by atoms with Crippen molar-refractivity contribution in [1.29, 1.82) is 0 Å². The first-order chi connectivity index (χ1) is 16.1. The zero-order valence-electron chi connectivity index (χ0n) is 18.7. The highest BCUT2D eigenvalue weighted by atomic mass is 32.1. The molecule has 0 unspecified atom stereocenters. The molecular weight excluding hydrogens is 428 g/mol. The smallest absolute Gasteiger partial charge is 0.170 e. The molecule has 1 aliphatic heterocycles. The van der Waals surface area contributed by atoms with Crippen molar-refractivity contribution in [3.05, 3.63) is 113 Å². The Morgan fingerprint density at radius 3 is 2.18 bits per heavy atom. The Hall–Kier alpha value is -3.58. The fraction of sp³-hybridized carbons (Fsp3) is 0.231. The first-order valence-electron chi connectivity index (χ1n) is 11.0. The van der Waals surface area contributed by atoms with Gasteiger partial charge in [0.25, 0.3) is 0 Å². The van der Waals surface area contributed by atoms with Gasteiger partial charge in [0.05, 0.1) is 17.8 Å². The minimum Gasteiger partial charge on any atom is -0.352 e. The second-order valence-corrected chi connectivity index (χ2v) is 8.76. The lowest BCUT2D eigenvalue weighted by molar-refractivity contribution is 0.309. The van der Waals surface area contributed by atoms with Crippen molar-refractivity contribution in [3.63, 3.8) is 0 Å². The third kappa shape index (κ3) is 4.24. The number of hydrogen-bond donors (Lipinski definition) is 1. The van der Waals surface area contributed by atoms with E-state index in [2.05, 4.69) is 67.8 Å². The molecule has 1 fully saturated rings. The molecule has 4 aromatic rings. The van der Waals surface area contributed by atoms with Gasteiger partial charge in [0.2, 0.25) is 0 Å². The van der Waals surface area contributed by atoms with Gasteiger partial charge in [-0.1, -0.05) is 6.07 Å². The van der Waals surface area contributed by atoms with Gasteiger partial charge >= 0.3 is 0 Å². The maximum Gasteiger partial charge on any atom is 0.170 e. The SMILES string of the molecule is Cc1cc([C@H]2[C@H](c3ccccn3)NC(=S)N2Cc2ccncc2)c(C)n1Cc1ccncc1. The topological polar surface area (TPSA) is 58.9 Å². The second kappa shape index (κ2) is 9.11. The van der Waals surface area contributed by atoms with Crippen LogP contribution in [0.1, 0.15) is 45.9 Å². The van der Waals surface area contributed by atoms with E-state index in [1.54, 1.807) is 0 Å². The van der Waals surface area contributed by atoms with E-state index in [0.717, 1.165) is 17.4 Å². The maximum atomic E-state index is 5.84. The highest BCUT2D eigenvalue weighted by molar-refractivity contribution is 7.80. The Labute approximate surface area is 199 Å². The lowest BCUT2D eigenvalue weighted by Gasteiger charge is -2.28. The number of aryl methyl sites for hydroxylation is 1. The van der Waals surface area contributed by atoms with E-state index in [9.17, 15) is 0 Å². The zero-order chi connectivity index (χ0) is 22.8. The van der Waals surface area contributed by atoms with E-state index < -0.39 is 0 Å². The minimum absolute atomic E-state index is 0.0259. The number of aromatic nitrogens is 4. The van der Waals surface area contributed by atoms with Crippen LogP contribution in [0, 0.1) is 13.8 Å². The van der Waals surface area contributed by atoms with Crippen LogP contribution in [0.15, 0.2) is 79.5 Å². The fourth-order valence-corrected chi connectivity index (χ4v) is 4.95. The van der Waals surface area contributed by atoms with Crippen LogP contribution in [0.5, 0.6) is 0 Å². The largest absolute Gasteiger partial charge is 0.352 e. The van der Waals surface area contributed by atoms with Crippen molar-refractivity contribution in [2.24, 2.45) is 0 Å². The highest BCUT2D eigenvalue weighted by Gasteiger charge is 2.41. The molecule has 4 aromatic heterocycles. The number of thiocarbonyl (C=S) groups is 1. The summed E-state index contributed by atoms with van der Waals surface area (Å²) in [5, 5.41) is 4.30. The molecule has 1 N–H and O–H groups in total. The van der Waals surface area contributed by atoms with Crippen molar-refractivity contribution in [1.82, 2.24) is 29.7 Å². The molecule has 0 radical (unpaired) electrons. The van der Waals surface area contributed by atoms with Crippen LogP contribution in [-0.4, -0.2) is 29.5 Å². The number of nitrogens with one attached hydrogen (secondary N) is 1. The van der Waals surface area contributed by atoms with Crippen molar-refractivity contribution in [2.75, 3.05) is 0 Å². The molecule has 0 amide bonds. The van der Waals surface area contributed by atoms with Crippen LogP contribution in [0.25, 0.3) is 0 Å². The van der Waals surface area contributed by atoms with E-state index in [1.807, 2.05) is 55.2 Å². The van der Waals surface area contributed by atoms with E-state index in [4.69, 9.17) is 12.2 Å². The van der Waals surface area contributed by atoms with Crippen LogP contribution in [0.2, 0.25) is 0 Å².